The molecule has 1 fully saturated rings. The maximum absolute atomic E-state index is 6.15. The molecule has 0 aromatic carbocycles. The lowest BCUT2D eigenvalue weighted by molar-refractivity contribution is 0.0652. The number of anilines is 2. The summed E-state index contributed by atoms with van der Waals surface area (Å²) in [5.41, 5.74) is 7.74. The number of hydrogen-bond acceptors (Lipinski definition) is 7. The van der Waals surface area contributed by atoms with Gasteiger partial charge in [0, 0.05) is 19.8 Å². The maximum atomic E-state index is 6.15. The molecule has 25 heavy (non-hydrogen) atoms. The standard InChI is InChI=1S/C16H26N6O3/c1-11-14(17)16(21-22(11)12-4-8-24-9-5-12)25-7-3-6-18-15-13(23-2)10-19-20-15/h10,12H,3-9,17H2,1-2H3,(H2,18,19,20). The Balaban J connectivity index is 1.48. The summed E-state index contributed by atoms with van der Waals surface area (Å²) in [7, 11) is 1.61. The molecule has 0 atom stereocenters. The second-order valence-electron chi connectivity index (χ2n) is 6.03. The summed E-state index contributed by atoms with van der Waals surface area (Å²) >= 11 is 0. The largest absolute Gasteiger partial charge is 0.491 e. The van der Waals surface area contributed by atoms with Gasteiger partial charge in [-0.15, -0.1) is 5.10 Å². The average molecular weight is 350 g/mol. The SMILES string of the molecule is COc1cn[nH]c1NCCCOc1nn(C2CCOCC2)c(C)c1N. The molecule has 1 saturated heterocycles. The van der Waals surface area contributed by atoms with Crippen LogP contribution in [-0.4, -0.2) is 53.5 Å². The number of nitrogens with one attached hydrogen (secondary N) is 2. The Hall–Kier alpha value is -2.42. The molecule has 3 heterocycles. The minimum Gasteiger partial charge on any atom is -0.491 e. The Labute approximate surface area is 146 Å². The molecule has 1 aliphatic heterocycles. The monoisotopic (exact) mass is 350 g/mol. The minimum absolute atomic E-state index is 0.336. The quantitative estimate of drug-likeness (QED) is 0.622. The molecule has 138 valence electrons. The van der Waals surface area contributed by atoms with Crippen LogP contribution in [0.1, 0.15) is 31.0 Å². The van der Waals surface area contributed by atoms with Crippen LogP contribution < -0.4 is 20.5 Å². The van der Waals surface area contributed by atoms with Crippen molar-refractivity contribution >= 4 is 11.5 Å². The molecule has 1 aliphatic rings. The van der Waals surface area contributed by atoms with Gasteiger partial charge in [0.1, 0.15) is 5.69 Å². The Morgan fingerprint density at radius 2 is 2.24 bits per heavy atom. The lowest BCUT2D eigenvalue weighted by Crippen LogP contribution is -2.21. The number of methoxy groups -OCH3 is 1. The lowest BCUT2D eigenvalue weighted by Gasteiger charge is -2.23. The molecule has 0 spiro atoms. The van der Waals surface area contributed by atoms with E-state index in [4.69, 9.17) is 19.9 Å². The van der Waals surface area contributed by atoms with Gasteiger partial charge in [0.05, 0.1) is 31.6 Å². The van der Waals surface area contributed by atoms with Crippen LogP contribution in [-0.2, 0) is 4.74 Å². The van der Waals surface area contributed by atoms with E-state index in [1.54, 1.807) is 13.3 Å². The summed E-state index contributed by atoms with van der Waals surface area (Å²) in [5.74, 6) is 1.97. The minimum atomic E-state index is 0.336. The molecule has 9 nitrogen and oxygen atoms in total. The fourth-order valence-electron chi connectivity index (χ4n) is 2.91. The van der Waals surface area contributed by atoms with Crippen molar-refractivity contribution < 1.29 is 14.2 Å². The first-order valence-corrected chi connectivity index (χ1v) is 8.57. The van der Waals surface area contributed by atoms with E-state index in [0.717, 1.165) is 50.5 Å². The van der Waals surface area contributed by atoms with Gasteiger partial charge in [0.25, 0.3) is 5.88 Å². The number of ether oxygens (including phenoxy) is 3. The summed E-state index contributed by atoms with van der Waals surface area (Å²) in [5, 5.41) is 14.6. The van der Waals surface area contributed by atoms with Crippen LogP contribution in [0.25, 0.3) is 0 Å². The number of nitrogens with zero attached hydrogens (tertiary/aromatic N) is 3. The summed E-state index contributed by atoms with van der Waals surface area (Å²) in [6.45, 7) is 4.76. The van der Waals surface area contributed by atoms with Crippen molar-refractivity contribution in [3.63, 3.8) is 0 Å². The van der Waals surface area contributed by atoms with Gasteiger partial charge < -0.3 is 25.3 Å². The zero-order chi connectivity index (χ0) is 17.6. The molecular formula is C16H26N6O3. The third-order valence-electron chi connectivity index (χ3n) is 4.39. The Bertz CT molecular complexity index is 677. The predicted molar refractivity (Wildman–Crippen MR) is 94.2 cm³/mol. The van der Waals surface area contributed by atoms with Crippen LogP contribution in [0.2, 0.25) is 0 Å². The first-order chi connectivity index (χ1) is 12.2. The molecule has 4 N–H and O–H groups in total. The van der Waals surface area contributed by atoms with E-state index >= 15 is 0 Å². The molecular weight excluding hydrogens is 324 g/mol. The van der Waals surface area contributed by atoms with Crippen molar-refractivity contribution in [2.45, 2.75) is 32.2 Å². The van der Waals surface area contributed by atoms with Gasteiger partial charge in [-0.1, -0.05) is 0 Å². The fraction of sp³-hybridized carbons (Fsp3) is 0.625. The molecule has 0 amide bonds. The van der Waals surface area contributed by atoms with Gasteiger partial charge in [-0.3, -0.25) is 9.78 Å². The van der Waals surface area contributed by atoms with Crippen LogP contribution >= 0.6 is 0 Å². The van der Waals surface area contributed by atoms with Gasteiger partial charge >= 0.3 is 0 Å². The van der Waals surface area contributed by atoms with Gasteiger partial charge in [-0.05, 0) is 26.2 Å². The number of aromatic amines is 1. The van der Waals surface area contributed by atoms with Gasteiger partial charge in [-0.25, -0.2) is 0 Å². The predicted octanol–water partition coefficient (Wildman–Crippen LogP) is 1.74. The normalized spacial score (nSPS) is 15.3. The summed E-state index contributed by atoms with van der Waals surface area (Å²) in [4.78, 5) is 0. The molecule has 2 aromatic heterocycles. The van der Waals surface area contributed by atoms with E-state index < -0.39 is 0 Å². The van der Waals surface area contributed by atoms with Gasteiger partial charge in [0.2, 0.25) is 0 Å². The molecule has 0 radical (unpaired) electrons. The van der Waals surface area contributed by atoms with Gasteiger partial charge in [-0.2, -0.15) is 5.10 Å². The topological polar surface area (TPSA) is 112 Å². The summed E-state index contributed by atoms with van der Waals surface area (Å²) < 4.78 is 18.4. The molecule has 0 unspecified atom stereocenters. The molecule has 0 aliphatic carbocycles. The van der Waals surface area contributed by atoms with Crippen LogP contribution in [0.15, 0.2) is 6.20 Å². The summed E-state index contributed by atoms with van der Waals surface area (Å²) in [6, 6.07) is 0.336. The van der Waals surface area contributed by atoms with E-state index in [-0.39, 0.29) is 0 Å². The highest BCUT2D eigenvalue weighted by Gasteiger charge is 2.22. The van der Waals surface area contributed by atoms with Crippen LogP contribution in [0, 0.1) is 6.92 Å². The number of nitrogen functional groups attached to an aromatic ring is 1. The first-order valence-electron chi connectivity index (χ1n) is 8.57. The Kier molecular flexibility index (Phi) is 5.64. The maximum Gasteiger partial charge on any atom is 0.256 e. The van der Waals surface area contributed by atoms with Crippen LogP contribution in [0.3, 0.4) is 0 Å². The Morgan fingerprint density at radius 3 is 3.00 bits per heavy atom. The first kappa shape index (κ1) is 17.4. The van der Waals surface area contributed by atoms with E-state index in [2.05, 4.69) is 20.6 Å². The third kappa shape index (κ3) is 3.98. The van der Waals surface area contributed by atoms with Crippen molar-refractivity contribution in [1.82, 2.24) is 20.0 Å². The zero-order valence-corrected chi connectivity index (χ0v) is 14.7. The highest BCUT2D eigenvalue weighted by atomic mass is 16.5. The van der Waals surface area contributed by atoms with Crippen molar-refractivity contribution in [3.05, 3.63) is 11.9 Å². The second-order valence-corrected chi connectivity index (χ2v) is 6.03. The van der Waals surface area contributed by atoms with Crippen molar-refractivity contribution in [2.75, 3.05) is 44.5 Å². The highest BCUT2D eigenvalue weighted by Crippen LogP contribution is 2.30. The molecule has 3 rings (SSSR count). The number of rotatable bonds is 8. The molecule has 2 aromatic rings. The number of hydrogen-bond donors (Lipinski definition) is 3. The summed E-state index contributed by atoms with van der Waals surface area (Å²) in [6.07, 6.45) is 4.34. The van der Waals surface area contributed by atoms with Crippen LogP contribution in [0.4, 0.5) is 11.5 Å². The van der Waals surface area contributed by atoms with E-state index in [1.807, 2.05) is 11.6 Å². The van der Waals surface area contributed by atoms with Crippen molar-refractivity contribution in [2.24, 2.45) is 0 Å². The molecule has 9 heteroatoms. The van der Waals surface area contributed by atoms with Crippen molar-refractivity contribution in [1.29, 1.82) is 0 Å². The van der Waals surface area contributed by atoms with Gasteiger partial charge in [0.15, 0.2) is 11.6 Å². The molecule has 0 saturated carbocycles. The molecule has 0 bridgehead atoms. The number of H-pyrrole nitrogens is 1. The van der Waals surface area contributed by atoms with Crippen LogP contribution in [0.5, 0.6) is 11.6 Å². The smallest absolute Gasteiger partial charge is 0.256 e. The Morgan fingerprint density at radius 1 is 1.44 bits per heavy atom. The number of aromatic nitrogens is 4. The third-order valence-corrected chi connectivity index (χ3v) is 4.39. The van der Waals surface area contributed by atoms with E-state index in [0.29, 0.717) is 30.0 Å². The van der Waals surface area contributed by atoms with Crippen molar-refractivity contribution in [3.8, 4) is 11.6 Å². The highest BCUT2D eigenvalue weighted by molar-refractivity contribution is 5.52. The second kappa shape index (κ2) is 8.11. The number of nitrogens with two attached hydrogens (primary N) is 1. The zero-order valence-electron chi connectivity index (χ0n) is 14.7. The fourth-order valence-corrected chi connectivity index (χ4v) is 2.91. The lowest BCUT2D eigenvalue weighted by atomic mass is 10.1. The van der Waals surface area contributed by atoms with E-state index in [9.17, 15) is 0 Å². The van der Waals surface area contributed by atoms with E-state index in [1.165, 1.54) is 0 Å². The average Bonchev–Trinajstić information content (AvgIpc) is 3.21.